The average molecular weight is 314 g/mol. The molecule has 1 aromatic heterocycles. The lowest BCUT2D eigenvalue weighted by Gasteiger charge is -2.37. The first-order chi connectivity index (χ1) is 8.48. The van der Waals surface area contributed by atoms with E-state index in [1.807, 2.05) is 6.92 Å². The van der Waals surface area contributed by atoms with E-state index in [2.05, 4.69) is 32.8 Å². The van der Waals surface area contributed by atoms with Crippen LogP contribution in [-0.4, -0.2) is 17.1 Å². The highest BCUT2D eigenvalue weighted by atomic mass is 79.9. The number of aromatic nitrogens is 2. The second kappa shape index (κ2) is 5.13. The first-order valence-electron chi connectivity index (χ1n) is 6.34. The molecule has 2 unspecified atom stereocenters. The van der Waals surface area contributed by atoms with Gasteiger partial charge in [-0.3, -0.25) is 0 Å². The number of rotatable bonds is 2. The summed E-state index contributed by atoms with van der Waals surface area (Å²) >= 11 is 3.40. The molecule has 0 aliphatic heterocycles. The van der Waals surface area contributed by atoms with E-state index in [-0.39, 0.29) is 5.60 Å². The van der Waals surface area contributed by atoms with Crippen molar-refractivity contribution in [2.45, 2.75) is 45.1 Å². The van der Waals surface area contributed by atoms with E-state index in [0.29, 0.717) is 11.7 Å². The van der Waals surface area contributed by atoms with E-state index in [4.69, 9.17) is 10.5 Å². The number of methoxy groups -OCH3 is 1. The number of anilines is 1. The Bertz CT molecular complexity index is 429. The molecule has 0 spiro atoms. The zero-order chi connectivity index (χ0) is 13.3. The fourth-order valence-corrected chi connectivity index (χ4v) is 2.95. The molecule has 100 valence electrons. The molecule has 0 radical (unpaired) electrons. The van der Waals surface area contributed by atoms with Crippen LogP contribution in [0.4, 0.5) is 5.82 Å². The van der Waals surface area contributed by atoms with Gasteiger partial charge in [0.1, 0.15) is 11.4 Å². The van der Waals surface area contributed by atoms with Crippen LogP contribution in [0.3, 0.4) is 0 Å². The Morgan fingerprint density at radius 3 is 2.72 bits per heavy atom. The zero-order valence-electron chi connectivity index (χ0n) is 11.2. The largest absolute Gasteiger partial charge is 0.383 e. The highest BCUT2D eigenvalue weighted by Gasteiger charge is 2.39. The third kappa shape index (κ3) is 2.38. The number of nitrogens with two attached hydrogens (primary N) is 1. The van der Waals surface area contributed by atoms with Crippen LogP contribution in [0.2, 0.25) is 0 Å². The summed E-state index contributed by atoms with van der Waals surface area (Å²) in [5.74, 6) is 1.86. The third-order valence-electron chi connectivity index (χ3n) is 3.80. The molecule has 1 heterocycles. The minimum atomic E-state index is -0.364. The molecule has 5 heteroatoms. The van der Waals surface area contributed by atoms with E-state index >= 15 is 0 Å². The summed E-state index contributed by atoms with van der Waals surface area (Å²) in [6.45, 7) is 4.18. The first-order valence-corrected chi connectivity index (χ1v) is 7.13. The highest BCUT2D eigenvalue weighted by Crippen LogP contribution is 2.41. The quantitative estimate of drug-likeness (QED) is 0.911. The number of nitrogens with zero attached hydrogens (tertiary/aromatic N) is 2. The summed E-state index contributed by atoms with van der Waals surface area (Å²) in [5, 5.41) is 0. The number of ether oxygens (including phenoxy) is 1. The molecule has 0 bridgehead atoms. The van der Waals surface area contributed by atoms with Gasteiger partial charge in [0.05, 0.1) is 10.2 Å². The molecule has 0 aromatic carbocycles. The molecular weight excluding hydrogens is 294 g/mol. The maximum Gasteiger partial charge on any atom is 0.162 e. The molecule has 18 heavy (non-hydrogen) atoms. The SMILES string of the molecule is COC1(c2nc(C)c(Br)c(N)n2)CCCC(C)C1. The normalized spacial score (nSPS) is 28.3. The maximum absolute atomic E-state index is 5.92. The van der Waals surface area contributed by atoms with E-state index in [1.165, 1.54) is 6.42 Å². The van der Waals surface area contributed by atoms with Gasteiger partial charge in [0.25, 0.3) is 0 Å². The van der Waals surface area contributed by atoms with Crippen molar-refractivity contribution < 1.29 is 4.74 Å². The van der Waals surface area contributed by atoms with E-state index in [1.54, 1.807) is 7.11 Å². The van der Waals surface area contributed by atoms with Crippen LogP contribution in [0.15, 0.2) is 4.47 Å². The Hall–Kier alpha value is -0.680. The monoisotopic (exact) mass is 313 g/mol. The molecule has 4 nitrogen and oxygen atoms in total. The molecule has 2 N–H and O–H groups in total. The van der Waals surface area contributed by atoms with Gasteiger partial charge in [-0.1, -0.05) is 13.3 Å². The fraction of sp³-hybridized carbons (Fsp3) is 0.692. The minimum Gasteiger partial charge on any atom is -0.383 e. The first kappa shape index (κ1) is 13.7. The Kier molecular flexibility index (Phi) is 3.92. The summed E-state index contributed by atoms with van der Waals surface area (Å²) in [4.78, 5) is 9.00. The van der Waals surface area contributed by atoms with Crippen LogP contribution in [-0.2, 0) is 10.3 Å². The van der Waals surface area contributed by atoms with E-state index < -0.39 is 0 Å². The number of hydrogen-bond acceptors (Lipinski definition) is 4. The lowest BCUT2D eigenvalue weighted by Crippen LogP contribution is -2.36. The Morgan fingerprint density at radius 1 is 1.44 bits per heavy atom. The average Bonchev–Trinajstić information content (AvgIpc) is 2.35. The van der Waals surface area contributed by atoms with Crippen LogP contribution < -0.4 is 5.73 Å². The minimum absolute atomic E-state index is 0.364. The fourth-order valence-electron chi connectivity index (χ4n) is 2.77. The van der Waals surface area contributed by atoms with Gasteiger partial charge in [-0.25, -0.2) is 9.97 Å². The van der Waals surface area contributed by atoms with Gasteiger partial charge < -0.3 is 10.5 Å². The third-order valence-corrected chi connectivity index (χ3v) is 4.78. The van der Waals surface area contributed by atoms with Gasteiger partial charge in [0.2, 0.25) is 0 Å². The van der Waals surface area contributed by atoms with Gasteiger partial charge in [-0.2, -0.15) is 0 Å². The number of aryl methyl sites for hydroxylation is 1. The molecule has 1 aliphatic rings. The summed E-state index contributed by atoms with van der Waals surface area (Å²) in [7, 11) is 1.75. The lowest BCUT2D eigenvalue weighted by molar-refractivity contribution is -0.0646. The van der Waals surface area contributed by atoms with Gasteiger partial charge in [0.15, 0.2) is 5.82 Å². The summed E-state index contributed by atoms with van der Waals surface area (Å²) < 4.78 is 6.57. The predicted molar refractivity (Wildman–Crippen MR) is 75.2 cm³/mol. The topological polar surface area (TPSA) is 61.0 Å². The van der Waals surface area contributed by atoms with Crippen molar-refractivity contribution in [3.05, 3.63) is 16.0 Å². The van der Waals surface area contributed by atoms with E-state index in [9.17, 15) is 0 Å². The maximum atomic E-state index is 5.92. The summed E-state index contributed by atoms with van der Waals surface area (Å²) in [5.41, 5.74) is 6.43. The van der Waals surface area contributed by atoms with Crippen molar-refractivity contribution in [2.75, 3.05) is 12.8 Å². The molecule has 1 aliphatic carbocycles. The Labute approximate surface area is 116 Å². The van der Waals surface area contributed by atoms with Gasteiger partial charge in [0, 0.05) is 7.11 Å². The number of halogens is 1. The second-order valence-corrected chi connectivity index (χ2v) is 6.02. The molecular formula is C13H20BrN3O. The summed E-state index contributed by atoms with van der Waals surface area (Å²) in [6.07, 6.45) is 4.32. The van der Waals surface area contributed by atoms with Crippen LogP contribution >= 0.6 is 15.9 Å². The summed E-state index contributed by atoms with van der Waals surface area (Å²) in [6, 6.07) is 0. The van der Waals surface area contributed by atoms with Crippen molar-refractivity contribution in [1.82, 2.24) is 9.97 Å². The second-order valence-electron chi connectivity index (χ2n) is 5.23. The lowest BCUT2D eigenvalue weighted by atomic mass is 9.78. The Morgan fingerprint density at radius 2 is 2.17 bits per heavy atom. The predicted octanol–water partition coefficient (Wildman–Crippen LogP) is 3.18. The molecule has 2 rings (SSSR count). The van der Waals surface area contributed by atoms with Gasteiger partial charge in [-0.05, 0) is 48.0 Å². The van der Waals surface area contributed by atoms with Crippen molar-refractivity contribution in [3.63, 3.8) is 0 Å². The Balaban J connectivity index is 2.44. The van der Waals surface area contributed by atoms with Crippen LogP contribution in [0.25, 0.3) is 0 Å². The van der Waals surface area contributed by atoms with Crippen molar-refractivity contribution in [2.24, 2.45) is 5.92 Å². The molecule has 1 aromatic rings. The zero-order valence-corrected chi connectivity index (χ0v) is 12.7. The molecule has 1 fully saturated rings. The van der Waals surface area contributed by atoms with Gasteiger partial charge >= 0.3 is 0 Å². The molecule has 0 saturated heterocycles. The van der Waals surface area contributed by atoms with Crippen LogP contribution in [0, 0.1) is 12.8 Å². The van der Waals surface area contributed by atoms with Crippen molar-refractivity contribution in [3.8, 4) is 0 Å². The van der Waals surface area contributed by atoms with Crippen molar-refractivity contribution >= 4 is 21.7 Å². The smallest absolute Gasteiger partial charge is 0.162 e. The van der Waals surface area contributed by atoms with Gasteiger partial charge in [-0.15, -0.1) is 0 Å². The molecule has 1 saturated carbocycles. The number of nitrogen functional groups attached to an aromatic ring is 1. The van der Waals surface area contributed by atoms with Crippen LogP contribution in [0.1, 0.15) is 44.1 Å². The van der Waals surface area contributed by atoms with Crippen LogP contribution in [0.5, 0.6) is 0 Å². The standard InChI is InChI=1S/C13H20BrN3O/c1-8-5-4-6-13(7-8,18-3)12-16-9(2)10(14)11(15)17-12/h8H,4-7H2,1-3H3,(H2,15,16,17). The van der Waals surface area contributed by atoms with E-state index in [0.717, 1.165) is 35.3 Å². The number of hydrogen-bond donors (Lipinski definition) is 1. The van der Waals surface area contributed by atoms with Crippen molar-refractivity contribution in [1.29, 1.82) is 0 Å². The molecule has 0 amide bonds. The highest BCUT2D eigenvalue weighted by molar-refractivity contribution is 9.10. The molecule has 2 atom stereocenters.